The fourth-order valence-electron chi connectivity index (χ4n) is 1.23. The Morgan fingerprint density at radius 3 is 2.65 bits per heavy atom. The number of anilines is 1. The van der Waals surface area contributed by atoms with Crippen molar-refractivity contribution in [3.63, 3.8) is 0 Å². The Balaban J connectivity index is 2.67. The van der Waals surface area contributed by atoms with Crippen molar-refractivity contribution >= 4 is 39.1 Å². The van der Waals surface area contributed by atoms with E-state index in [4.69, 9.17) is 22.7 Å². The SMILES string of the molecule is COCCN(CCC(N)=S)c1ncc(Br)cn1. The summed E-state index contributed by atoms with van der Waals surface area (Å²) < 4.78 is 5.90. The van der Waals surface area contributed by atoms with Crippen LogP contribution in [0.3, 0.4) is 0 Å². The van der Waals surface area contributed by atoms with E-state index in [-0.39, 0.29) is 0 Å². The van der Waals surface area contributed by atoms with Crippen molar-refractivity contribution in [1.82, 2.24) is 9.97 Å². The average molecular weight is 319 g/mol. The summed E-state index contributed by atoms with van der Waals surface area (Å²) in [5.41, 5.74) is 5.50. The van der Waals surface area contributed by atoms with Crippen LogP contribution >= 0.6 is 28.1 Å². The minimum atomic E-state index is 0.490. The van der Waals surface area contributed by atoms with Gasteiger partial charge >= 0.3 is 0 Å². The van der Waals surface area contributed by atoms with Crippen LogP contribution in [0, 0.1) is 0 Å². The monoisotopic (exact) mass is 318 g/mol. The Labute approximate surface area is 114 Å². The summed E-state index contributed by atoms with van der Waals surface area (Å²) in [6.07, 6.45) is 4.06. The van der Waals surface area contributed by atoms with E-state index in [9.17, 15) is 0 Å². The first-order valence-corrected chi connectivity index (χ1v) is 6.33. The zero-order valence-electron chi connectivity index (χ0n) is 9.60. The fourth-order valence-corrected chi connectivity index (χ4v) is 1.52. The molecule has 0 amide bonds. The Morgan fingerprint density at radius 1 is 1.47 bits per heavy atom. The van der Waals surface area contributed by atoms with Crippen molar-refractivity contribution in [2.24, 2.45) is 5.73 Å². The lowest BCUT2D eigenvalue weighted by molar-refractivity contribution is 0.205. The number of ether oxygens (including phenoxy) is 1. The molecule has 94 valence electrons. The van der Waals surface area contributed by atoms with Gasteiger partial charge in [0.05, 0.1) is 16.1 Å². The van der Waals surface area contributed by atoms with Gasteiger partial charge in [0.2, 0.25) is 5.95 Å². The second-order valence-electron chi connectivity index (χ2n) is 3.40. The van der Waals surface area contributed by atoms with Crippen molar-refractivity contribution in [2.75, 3.05) is 31.7 Å². The second kappa shape index (κ2) is 7.52. The van der Waals surface area contributed by atoms with Crippen molar-refractivity contribution in [1.29, 1.82) is 0 Å². The van der Waals surface area contributed by atoms with Gasteiger partial charge in [-0.2, -0.15) is 0 Å². The minimum absolute atomic E-state index is 0.490. The average Bonchev–Trinajstić information content (AvgIpc) is 2.30. The number of aromatic nitrogens is 2. The molecule has 0 radical (unpaired) electrons. The van der Waals surface area contributed by atoms with E-state index in [1.54, 1.807) is 19.5 Å². The van der Waals surface area contributed by atoms with Crippen molar-refractivity contribution in [3.8, 4) is 0 Å². The van der Waals surface area contributed by atoms with E-state index in [2.05, 4.69) is 25.9 Å². The third-order valence-electron chi connectivity index (χ3n) is 2.08. The molecule has 0 unspecified atom stereocenters. The second-order valence-corrected chi connectivity index (χ2v) is 4.84. The number of thiocarbonyl (C=S) groups is 1. The highest BCUT2D eigenvalue weighted by Crippen LogP contribution is 2.11. The number of nitrogens with two attached hydrogens (primary N) is 1. The maximum absolute atomic E-state index is 5.50. The molecule has 0 saturated heterocycles. The largest absolute Gasteiger partial charge is 0.393 e. The lowest BCUT2D eigenvalue weighted by Gasteiger charge is -2.21. The molecule has 0 aliphatic heterocycles. The molecule has 5 nitrogen and oxygen atoms in total. The number of nitrogens with zero attached hydrogens (tertiary/aromatic N) is 3. The highest BCUT2D eigenvalue weighted by atomic mass is 79.9. The van der Waals surface area contributed by atoms with Gasteiger partial charge in [-0.1, -0.05) is 12.2 Å². The van der Waals surface area contributed by atoms with Gasteiger partial charge in [-0.3, -0.25) is 0 Å². The summed E-state index contributed by atoms with van der Waals surface area (Å²) in [5.74, 6) is 0.654. The first kappa shape index (κ1) is 14.3. The van der Waals surface area contributed by atoms with Crippen LogP contribution < -0.4 is 10.6 Å². The minimum Gasteiger partial charge on any atom is -0.393 e. The summed E-state index contributed by atoms with van der Waals surface area (Å²) >= 11 is 8.17. The van der Waals surface area contributed by atoms with Crippen molar-refractivity contribution in [3.05, 3.63) is 16.9 Å². The van der Waals surface area contributed by atoms with Gasteiger partial charge in [0.1, 0.15) is 0 Å². The predicted octanol–water partition coefficient (Wildman–Crippen LogP) is 1.37. The summed E-state index contributed by atoms with van der Waals surface area (Å²) in [6, 6.07) is 0. The van der Waals surface area contributed by atoms with Crippen LogP contribution in [0.25, 0.3) is 0 Å². The Hall–Kier alpha value is -0.790. The van der Waals surface area contributed by atoms with Crippen LogP contribution in [0.1, 0.15) is 6.42 Å². The first-order valence-electron chi connectivity index (χ1n) is 5.13. The molecule has 1 aromatic heterocycles. The topological polar surface area (TPSA) is 64.3 Å². The summed E-state index contributed by atoms with van der Waals surface area (Å²) in [5, 5.41) is 0. The smallest absolute Gasteiger partial charge is 0.225 e. The number of hydrogen-bond donors (Lipinski definition) is 1. The molecule has 7 heteroatoms. The highest BCUT2D eigenvalue weighted by molar-refractivity contribution is 9.10. The standard InChI is InChI=1S/C10H15BrN4OS/c1-16-5-4-15(3-2-9(12)17)10-13-6-8(11)7-14-10/h6-7H,2-5H2,1H3,(H2,12,17). The van der Waals surface area contributed by atoms with Crippen LogP contribution in [0.4, 0.5) is 5.95 Å². The summed E-state index contributed by atoms with van der Waals surface area (Å²) in [6.45, 7) is 2.01. The summed E-state index contributed by atoms with van der Waals surface area (Å²) in [4.78, 5) is 11.0. The fraction of sp³-hybridized carbons (Fsp3) is 0.500. The molecule has 0 aliphatic rings. The molecule has 2 N–H and O–H groups in total. The first-order chi connectivity index (χ1) is 8.13. The molecular formula is C10H15BrN4OS. The molecule has 1 heterocycles. The molecule has 0 bridgehead atoms. The van der Waals surface area contributed by atoms with E-state index in [0.29, 0.717) is 37.1 Å². The van der Waals surface area contributed by atoms with E-state index < -0.39 is 0 Å². The van der Waals surface area contributed by atoms with Gasteiger partial charge in [0.15, 0.2) is 0 Å². The van der Waals surface area contributed by atoms with Crippen LogP contribution in [-0.2, 0) is 4.74 Å². The molecule has 0 fully saturated rings. The van der Waals surface area contributed by atoms with Gasteiger partial charge in [-0.25, -0.2) is 9.97 Å². The number of hydrogen-bond acceptors (Lipinski definition) is 5. The molecule has 0 spiro atoms. The van der Waals surface area contributed by atoms with Gasteiger partial charge in [-0.05, 0) is 15.9 Å². The van der Waals surface area contributed by atoms with Crippen molar-refractivity contribution < 1.29 is 4.74 Å². The Bertz CT molecular complexity index is 360. The van der Waals surface area contributed by atoms with E-state index >= 15 is 0 Å². The van der Waals surface area contributed by atoms with Crippen LogP contribution in [0.2, 0.25) is 0 Å². The molecular weight excluding hydrogens is 304 g/mol. The number of halogens is 1. The predicted molar refractivity (Wildman–Crippen MR) is 75.2 cm³/mol. The van der Waals surface area contributed by atoms with Gasteiger partial charge in [0.25, 0.3) is 0 Å². The number of methoxy groups -OCH3 is 1. The zero-order chi connectivity index (χ0) is 12.7. The highest BCUT2D eigenvalue weighted by Gasteiger charge is 2.09. The molecule has 0 aromatic carbocycles. The normalized spacial score (nSPS) is 10.2. The third kappa shape index (κ3) is 5.38. The molecule has 0 atom stereocenters. The lowest BCUT2D eigenvalue weighted by atomic mass is 10.4. The maximum atomic E-state index is 5.50. The Kier molecular flexibility index (Phi) is 6.31. The molecule has 17 heavy (non-hydrogen) atoms. The van der Waals surface area contributed by atoms with E-state index in [0.717, 1.165) is 4.47 Å². The van der Waals surface area contributed by atoms with Crippen LogP contribution in [0.15, 0.2) is 16.9 Å². The van der Waals surface area contributed by atoms with E-state index in [1.165, 1.54) is 0 Å². The molecule has 0 saturated carbocycles. The lowest BCUT2D eigenvalue weighted by Crippen LogP contribution is -2.32. The molecule has 1 rings (SSSR count). The van der Waals surface area contributed by atoms with E-state index in [1.807, 2.05) is 4.90 Å². The number of rotatable bonds is 7. The quantitative estimate of drug-likeness (QED) is 0.766. The zero-order valence-corrected chi connectivity index (χ0v) is 12.0. The van der Waals surface area contributed by atoms with Crippen LogP contribution in [0.5, 0.6) is 0 Å². The van der Waals surface area contributed by atoms with Crippen molar-refractivity contribution in [2.45, 2.75) is 6.42 Å². The van der Waals surface area contributed by atoms with Gasteiger partial charge in [0, 0.05) is 39.0 Å². The third-order valence-corrected chi connectivity index (χ3v) is 2.70. The van der Waals surface area contributed by atoms with Crippen LogP contribution in [-0.4, -0.2) is 41.8 Å². The van der Waals surface area contributed by atoms with Gasteiger partial charge in [-0.15, -0.1) is 0 Å². The molecule has 1 aromatic rings. The Morgan fingerprint density at radius 2 is 2.12 bits per heavy atom. The molecule has 0 aliphatic carbocycles. The maximum Gasteiger partial charge on any atom is 0.225 e. The van der Waals surface area contributed by atoms with Gasteiger partial charge < -0.3 is 15.4 Å². The summed E-state index contributed by atoms with van der Waals surface area (Å²) in [7, 11) is 1.66.